The van der Waals surface area contributed by atoms with Gasteiger partial charge in [-0.1, -0.05) is 17.7 Å². The quantitative estimate of drug-likeness (QED) is 0.766. The summed E-state index contributed by atoms with van der Waals surface area (Å²) in [5, 5.41) is 8.13. The number of primary amides is 1. The first-order valence-corrected chi connectivity index (χ1v) is 4.43. The van der Waals surface area contributed by atoms with Gasteiger partial charge in [0.05, 0.1) is 5.69 Å². The molecule has 5 heteroatoms. The fourth-order valence-corrected chi connectivity index (χ4v) is 0.933. The summed E-state index contributed by atoms with van der Waals surface area (Å²) in [5.41, 5.74) is 5.61. The number of benzene rings is 1. The van der Waals surface area contributed by atoms with E-state index in [-0.39, 0.29) is 0 Å². The van der Waals surface area contributed by atoms with Crippen molar-refractivity contribution in [2.45, 2.75) is 13.0 Å². The highest BCUT2D eigenvalue weighted by atomic mass is 35.5. The van der Waals surface area contributed by atoms with Crippen molar-refractivity contribution in [3.63, 3.8) is 0 Å². The minimum Gasteiger partial charge on any atom is -0.368 e. The van der Waals surface area contributed by atoms with Crippen LogP contribution in [0.4, 0.5) is 5.69 Å². The molecule has 0 spiro atoms. The van der Waals surface area contributed by atoms with Crippen molar-refractivity contribution in [2.24, 2.45) is 16.0 Å². The van der Waals surface area contributed by atoms with E-state index in [2.05, 4.69) is 10.2 Å². The molecule has 0 aliphatic rings. The molecule has 1 atom stereocenters. The van der Waals surface area contributed by atoms with Crippen LogP contribution in [-0.4, -0.2) is 11.9 Å². The van der Waals surface area contributed by atoms with Gasteiger partial charge in [-0.05, 0) is 25.1 Å². The lowest BCUT2D eigenvalue weighted by Gasteiger charge is -1.97. The van der Waals surface area contributed by atoms with Gasteiger partial charge in [-0.25, -0.2) is 0 Å². The van der Waals surface area contributed by atoms with Gasteiger partial charge >= 0.3 is 0 Å². The number of halogens is 1. The van der Waals surface area contributed by atoms with Crippen LogP contribution in [0, 0.1) is 0 Å². The van der Waals surface area contributed by atoms with E-state index in [4.69, 9.17) is 17.3 Å². The predicted molar refractivity (Wildman–Crippen MR) is 54.6 cm³/mol. The van der Waals surface area contributed by atoms with Crippen molar-refractivity contribution in [1.82, 2.24) is 0 Å². The molecule has 74 valence electrons. The number of nitrogens with zero attached hydrogens (tertiary/aromatic N) is 2. The van der Waals surface area contributed by atoms with Crippen LogP contribution in [0.1, 0.15) is 6.92 Å². The summed E-state index contributed by atoms with van der Waals surface area (Å²) in [6.45, 7) is 1.58. The van der Waals surface area contributed by atoms with Gasteiger partial charge in [-0.2, -0.15) is 10.2 Å². The maximum atomic E-state index is 10.6. The second kappa shape index (κ2) is 4.72. The van der Waals surface area contributed by atoms with Crippen LogP contribution in [-0.2, 0) is 4.79 Å². The van der Waals surface area contributed by atoms with E-state index >= 15 is 0 Å². The summed E-state index contributed by atoms with van der Waals surface area (Å²) < 4.78 is 0. The van der Waals surface area contributed by atoms with E-state index in [9.17, 15) is 4.79 Å². The summed E-state index contributed by atoms with van der Waals surface area (Å²) in [4.78, 5) is 10.6. The number of nitrogens with two attached hydrogens (primary N) is 1. The lowest BCUT2D eigenvalue weighted by atomic mass is 10.3. The average molecular weight is 212 g/mol. The summed E-state index contributed by atoms with van der Waals surface area (Å²) >= 11 is 5.73. The monoisotopic (exact) mass is 211 g/mol. The topological polar surface area (TPSA) is 67.8 Å². The number of carbonyl (C=O) groups excluding carboxylic acids is 1. The SMILES string of the molecule is CC(/N=N/c1cccc(Cl)c1)C(N)=O. The minimum absolute atomic E-state index is 0.504. The number of azo groups is 1. The highest BCUT2D eigenvalue weighted by Gasteiger charge is 2.05. The van der Waals surface area contributed by atoms with Crippen molar-refractivity contribution in [2.75, 3.05) is 0 Å². The highest BCUT2D eigenvalue weighted by Crippen LogP contribution is 2.18. The van der Waals surface area contributed by atoms with E-state index in [1.165, 1.54) is 0 Å². The second-order valence-electron chi connectivity index (χ2n) is 2.77. The molecule has 0 fully saturated rings. The first-order valence-electron chi connectivity index (χ1n) is 4.05. The van der Waals surface area contributed by atoms with E-state index in [0.29, 0.717) is 10.7 Å². The third-order valence-electron chi connectivity index (χ3n) is 1.57. The number of hydrogen-bond donors (Lipinski definition) is 1. The van der Waals surface area contributed by atoms with Crippen LogP contribution in [0.5, 0.6) is 0 Å². The van der Waals surface area contributed by atoms with E-state index in [1.54, 1.807) is 31.2 Å². The Bertz CT molecular complexity index is 365. The molecule has 0 heterocycles. The molecule has 1 amide bonds. The van der Waals surface area contributed by atoms with Crippen LogP contribution in [0.2, 0.25) is 5.02 Å². The lowest BCUT2D eigenvalue weighted by Crippen LogP contribution is -2.23. The molecule has 0 saturated heterocycles. The molecule has 0 aliphatic heterocycles. The second-order valence-corrected chi connectivity index (χ2v) is 3.21. The summed E-state index contributed by atoms with van der Waals surface area (Å²) in [6, 6.07) is 6.26. The van der Waals surface area contributed by atoms with Gasteiger partial charge < -0.3 is 5.73 Å². The number of hydrogen-bond acceptors (Lipinski definition) is 3. The molecule has 1 aromatic rings. The molecule has 1 aromatic carbocycles. The smallest absolute Gasteiger partial charge is 0.243 e. The molecule has 0 bridgehead atoms. The fourth-order valence-electron chi connectivity index (χ4n) is 0.748. The van der Waals surface area contributed by atoms with Crippen molar-refractivity contribution in [1.29, 1.82) is 0 Å². The number of amides is 1. The van der Waals surface area contributed by atoms with Crippen LogP contribution in [0.3, 0.4) is 0 Å². The van der Waals surface area contributed by atoms with Gasteiger partial charge in [-0.15, -0.1) is 0 Å². The zero-order valence-corrected chi connectivity index (χ0v) is 8.40. The Labute approximate surface area is 86.8 Å². The Morgan fingerprint density at radius 3 is 2.86 bits per heavy atom. The number of carbonyl (C=O) groups is 1. The Kier molecular flexibility index (Phi) is 3.59. The minimum atomic E-state index is -0.617. The molecule has 2 N–H and O–H groups in total. The summed E-state index contributed by atoms with van der Waals surface area (Å²) in [6.07, 6.45) is 0. The van der Waals surface area contributed by atoms with E-state index in [0.717, 1.165) is 0 Å². The van der Waals surface area contributed by atoms with E-state index < -0.39 is 11.9 Å². The molecule has 0 saturated carbocycles. The van der Waals surface area contributed by atoms with Gasteiger partial charge in [0.15, 0.2) is 0 Å². The van der Waals surface area contributed by atoms with Gasteiger partial charge in [0.2, 0.25) is 5.91 Å². The molecule has 1 unspecified atom stereocenters. The average Bonchev–Trinajstić information content (AvgIpc) is 2.14. The Balaban J connectivity index is 2.73. The molecule has 0 aliphatic carbocycles. The predicted octanol–water partition coefficient (Wildman–Crippen LogP) is 2.30. The maximum Gasteiger partial charge on any atom is 0.243 e. The zero-order valence-electron chi connectivity index (χ0n) is 7.64. The first kappa shape index (κ1) is 10.7. The lowest BCUT2D eigenvalue weighted by molar-refractivity contribution is -0.118. The third-order valence-corrected chi connectivity index (χ3v) is 1.80. The third kappa shape index (κ3) is 3.14. The van der Waals surface area contributed by atoms with E-state index in [1.807, 2.05) is 0 Å². The fraction of sp³-hybridized carbons (Fsp3) is 0.222. The van der Waals surface area contributed by atoms with Crippen molar-refractivity contribution < 1.29 is 4.79 Å². The van der Waals surface area contributed by atoms with Gasteiger partial charge in [0, 0.05) is 5.02 Å². The maximum absolute atomic E-state index is 10.6. The summed E-state index contributed by atoms with van der Waals surface area (Å²) in [7, 11) is 0. The summed E-state index contributed by atoms with van der Waals surface area (Å²) in [5.74, 6) is -0.504. The van der Waals surface area contributed by atoms with Crippen LogP contribution < -0.4 is 5.73 Å². The molecular formula is C9H10ClN3O. The molecule has 0 aromatic heterocycles. The Morgan fingerprint density at radius 1 is 1.57 bits per heavy atom. The van der Waals surface area contributed by atoms with Gasteiger partial charge in [0.1, 0.15) is 6.04 Å². The standard InChI is InChI=1S/C9H10ClN3O/c1-6(9(11)14)12-13-8-4-2-3-7(10)5-8/h2-6H,1H3,(H2,11,14)/b13-12+. The van der Waals surface area contributed by atoms with Crippen LogP contribution >= 0.6 is 11.6 Å². The Morgan fingerprint density at radius 2 is 2.29 bits per heavy atom. The van der Waals surface area contributed by atoms with Gasteiger partial charge in [-0.3, -0.25) is 4.79 Å². The molecule has 0 radical (unpaired) electrons. The Hall–Kier alpha value is -1.42. The van der Waals surface area contributed by atoms with Gasteiger partial charge in [0.25, 0.3) is 0 Å². The molecular weight excluding hydrogens is 202 g/mol. The molecule has 14 heavy (non-hydrogen) atoms. The molecule has 1 rings (SSSR count). The largest absolute Gasteiger partial charge is 0.368 e. The number of rotatable bonds is 3. The van der Waals surface area contributed by atoms with Crippen molar-refractivity contribution in [3.8, 4) is 0 Å². The zero-order chi connectivity index (χ0) is 10.6. The van der Waals surface area contributed by atoms with Crippen molar-refractivity contribution >= 4 is 23.2 Å². The first-order chi connectivity index (χ1) is 6.59. The van der Waals surface area contributed by atoms with Crippen LogP contribution in [0.15, 0.2) is 34.5 Å². The molecule has 4 nitrogen and oxygen atoms in total. The van der Waals surface area contributed by atoms with Crippen molar-refractivity contribution in [3.05, 3.63) is 29.3 Å². The normalized spacial score (nSPS) is 13.0. The highest BCUT2D eigenvalue weighted by molar-refractivity contribution is 6.30. The van der Waals surface area contributed by atoms with Crippen LogP contribution in [0.25, 0.3) is 0 Å².